The lowest BCUT2D eigenvalue weighted by Gasteiger charge is -2.30. The molecule has 1 fully saturated rings. The number of hydrogen-bond acceptors (Lipinski definition) is 3. The Morgan fingerprint density at radius 1 is 1.24 bits per heavy atom. The Kier molecular flexibility index (Phi) is 5.74. The third kappa shape index (κ3) is 4.23. The number of nitrogens with zero attached hydrogens (tertiary/aromatic N) is 1. The molecule has 1 atom stereocenters. The fourth-order valence-electron chi connectivity index (χ4n) is 4.28. The van der Waals surface area contributed by atoms with Crippen molar-refractivity contribution in [2.24, 2.45) is 5.92 Å². The van der Waals surface area contributed by atoms with E-state index in [1.54, 1.807) is 11.3 Å². The highest BCUT2D eigenvalue weighted by Gasteiger charge is 2.32. The van der Waals surface area contributed by atoms with E-state index in [9.17, 15) is 9.59 Å². The van der Waals surface area contributed by atoms with Gasteiger partial charge in [-0.05, 0) is 49.8 Å². The van der Waals surface area contributed by atoms with Gasteiger partial charge in [-0.1, -0.05) is 24.6 Å². The predicted molar refractivity (Wildman–Crippen MR) is 117 cm³/mol. The SMILES string of the molecule is Cc1cccc(C(=O)Nc2sc3c(c2C(=O)N2CC[NH+](C)CC2)CC[C@H](C)C3)c1. The lowest BCUT2D eigenvalue weighted by atomic mass is 9.88. The fourth-order valence-corrected chi connectivity index (χ4v) is 5.67. The summed E-state index contributed by atoms with van der Waals surface area (Å²) < 4.78 is 0. The van der Waals surface area contributed by atoms with Gasteiger partial charge in [0.1, 0.15) is 5.00 Å². The molecular weight excluding hydrogens is 382 g/mol. The number of thiophene rings is 1. The molecule has 1 aliphatic heterocycles. The molecule has 0 spiro atoms. The van der Waals surface area contributed by atoms with E-state index >= 15 is 0 Å². The molecule has 4 rings (SSSR count). The summed E-state index contributed by atoms with van der Waals surface area (Å²) in [5.41, 5.74) is 3.60. The average Bonchev–Trinajstić information content (AvgIpc) is 3.04. The minimum Gasteiger partial charge on any atom is -0.334 e. The number of likely N-dealkylation sites (N-methyl/N-ethyl adjacent to an activating group) is 1. The summed E-state index contributed by atoms with van der Waals surface area (Å²) in [5, 5.41) is 3.81. The van der Waals surface area contributed by atoms with Gasteiger partial charge in [0.2, 0.25) is 0 Å². The normalized spacial score (nSPS) is 19.7. The van der Waals surface area contributed by atoms with Gasteiger partial charge in [0.05, 0.1) is 38.8 Å². The van der Waals surface area contributed by atoms with Crippen molar-refractivity contribution in [1.29, 1.82) is 0 Å². The summed E-state index contributed by atoms with van der Waals surface area (Å²) >= 11 is 1.60. The van der Waals surface area contributed by atoms with Crippen molar-refractivity contribution in [3.05, 3.63) is 51.4 Å². The largest absolute Gasteiger partial charge is 0.334 e. The lowest BCUT2D eigenvalue weighted by molar-refractivity contribution is -0.883. The molecule has 2 aliphatic rings. The zero-order valence-corrected chi connectivity index (χ0v) is 18.3. The van der Waals surface area contributed by atoms with Crippen LogP contribution >= 0.6 is 11.3 Å². The van der Waals surface area contributed by atoms with Crippen LogP contribution < -0.4 is 10.2 Å². The summed E-state index contributed by atoms with van der Waals surface area (Å²) in [6, 6.07) is 7.58. The molecule has 2 N–H and O–H groups in total. The van der Waals surface area contributed by atoms with E-state index in [4.69, 9.17) is 0 Å². The average molecular weight is 413 g/mol. The van der Waals surface area contributed by atoms with Crippen LogP contribution in [0.25, 0.3) is 0 Å². The Hall–Kier alpha value is -2.18. The van der Waals surface area contributed by atoms with Gasteiger partial charge in [-0.2, -0.15) is 0 Å². The summed E-state index contributed by atoms with van der Waals surface area (Å²) in [6.07, 6.45) is 3.02. The maximum Gasteiger partial charge on any atom is 0.257 e. The Labute approximate surface area is 176 Å². The quantitative estimate of drug-likeness (QED) is 0.814. The van der Waals surface area contributed by atoms with Crippen molar-refractivity contribution in [2.45, 2.75) is 33.1 Å². The van der Waals surface area contributed by atoms with E-state index in [-0.39, 0.29) is 11.8 Å². The van der Waals surface area contributed by atoms with Gasteiger partial charge in [0.15, 0.2) is 0 Å². The van der Waals surface area contributed by atoms with Crippen molar-refractivity contribution < 1.29 is 14.5 Å². The lowest BCUT2D eigenvalue weighted by Crippen LogP contribution is -3.12. The number of carbonyl (C=O) groups excluding carboxylic acids is 2. The number of quaternary nitrogens is 1. The number of piperazine rings is 1. The van der Waals surface area contributed by atoms with E-state index in [1.165, 1.54) is 15.3 Å². The van der Waals surface area contributed by atoms with Gasteiger partial charge in [-0.3, -0.25) is 9.59 Å². The molecule has 1 aromatic carbocycles. The monoisotopic (exact) mass is 412 g/mol. The first kappa shape index (κ1) is 20.1. The van der Waals surface area contributed by atoms with E-state index < -0.39 is 0 Å². The third-order valence-corrected chi connectivity index (χ3v) is 7.31. The molecule has 6 heteroatoms. The number of anilines is 1. The number of amides is 2. The Balaban J connectivity index is 1.66. The number of aryl methyl sites for hydroxylation is 1. The molecule has 2 heterocycles. The van der Waals surface area contributed by atoms with Crippen molar-refractivity contribution in [2.75, 3.05) is 38.5 Å². The topological polar surface area (TPSA) is 53.9 Å². The van der Waals surface area contributed by atoms with E-state index in [0.717, 1.165) is 61.6 Å². The molecule has 1 saturated heterocycles. The second-order valence-corrected chi connectivity index (χ2v) is 9.73. The zero-order valence-electron chi connectivity index (χ0n) is 17.5. The van der Waals surface area contributed by atoms with Gasteiger partial charge >= 0.3 is 0 Å². The first-order valence-electron chi connectivity index (χ1n) is 10.6. The Morgan fingerprint density at radius 2 is 2.00 bits per heavy atom. The maximum atomic E-state index is 13.5. The van der Waals surface area contributed by atoms with Gasteiger partial charge in [-0.15, -0.1) is 11.3 Å². The number of hydrogen-bond donors (Lipinski definition) is 2. The molecule has 2 aromatic rings. The second-order valence-electron chi connectivity index (χ2n) is 8.63. The molecular formula is C23H30N3O2S+. The van der Waals surface area contributed by atoms with Crippen LogP contribution in [0.3, 0.4) is 0 Å². The van der Waals surface area contributed by atoms with E-state index in [0.29, 0.717) is 11.5 Å². The summed E-state index contributed by atoms with van der Waals surface area (Å²) in [4.78, 5) is 31.1. The smallest absolute Gasteiger partial charge is 0.257 e. The maximum absolute atomic E-state index is 13.5. The highest BCUT2D eigenvalue weighted by Crippen LogP contribution is 2.40. The van der Waals surface area contributed by atoms with Crippen molar-refractivity contribution in [3.8, 4) is 0 Å². The fraction of sp³-hybridized carbons (Fsp3) is 0.478. The van der Waals surface area contributed by atoms with Crippen LogP contribution in [-0.4, -0.2) is 49.9 Å². The van der Waals surface area contributed by atoms with Crippen LogP contribution in [0.4, 0.5) is 5.00 Å². The van der Waals surface area contributed by atoms with Gasteiger partial charge in [0.25, 0.3) is 11.8 Å². The summed E-state index contributed by atoms with van der Waals surface area (Å²) in [7, 11) is 2.17. The molecule has 0 unspecified atom stereocenters. The molecule has 1 aliphatic carbocycles. The highest BCUT2D eigenvalue weighted by atomic mass is 32.1. The molecule has 0 saturated carbocycles. The van der Waals surface area contributed by atoms with Crippen LogP contribution in [0.5, 0.6) is 0 Å². The van der Waals surface area contributed by atoms with Crippen LogP contribution in [0.2, 0.25) is 0 Å². The second kappa shape index (κ2) is 8.28. The van der Waals surface area contributed by atoms with Crippen molar-refractivity contribution >= 4 is 28.2 Å². The van der Waals surface area contributed by atoms with E-state index in [2.05, 4.69) is 19.3 Å². The minimum atomic E-state index is -0.141. The Bertz CT molecular complexity index is 928. The number of fused-ring (bicyclic) bond motifs is 1. The van der Waals surface area contributed by atoms with Crippen LogP contribution in [0.1, 0.15) is 50.1 Å². The van der Waals surface area contributed by atoms with E-state index in [1.807, 2.05) is 36.1 Å². The zero-order chi connectivity index (χ0) is 20.5. The standard InChI is InChI=1S/C23H29N3O2S/c1-15-5-4-6-17(13-15)21(27)24-22-20(18-8-7-16(2)14-19(18)29-22)23(28)26-11-9-25(3)10-12-26/h4-6,13,16H,7-12,14H2,1-3H3,(H,24,27)/p+1/t16-/m0/s1. The van der Waals surface area contributed by atoms with Gasteiger partial charge in [0, 0.05) is 10.4 Å². The molecule has 2 amide bonds. The number of rotatable bonds is 3. The number of carbonyl (C=O) groups is 2. The summed E-state index contributed by atoms with van der Waals surface area (Å²) in [5.74, 6) is 0.568. The molecule has 0 radical (unpaired) electrons. The molecule has 0 bridgehead atoms. The predicted octanol–water partition coefficient (Wildman–Crippen LogP) is 2.40. The van der Waals surface area contributed by atoms with Crippen molar-refractivity contribution in [3.63, 3.8) is 0 Å². The molecule has 154 valence electrons. The molecule has 1 aromatic heterocycles. The molecule has 5 nitrogen and oxygen atoms in total. The van der Waals surface area contributed by atoms with Crippen LogP contribution in [0.15, 0.2) is 24.3 Å². The van der Waals surface area contributed by atoms with Crippen LogP contribution in [-0.2, 0) is 12.8 Å². The van der Waals surface area contributed by atoms with Gasteiger partial charge in [-0.25, -0.2) is 0 Å². The third-order valence-electron chi connectivity index (χ3n) is 6.14. The Morgan fingerprint density at radius 3 is 2.72 bits per heavy atom. The van der Waals surface area contributed by atoms with Crippen molar-refractivity contribution in [1.82, 2.24) is 4.90 Å². The first-order chi connectivity index (χ1) is 13.9. The van der Waals surface area contributed by atoms with Crippen LogP contribution in [0, 0.1) is 12.8 Å². The first-order valence-corrected chi connectivity index (χ1v) is 11.4. The minimum absolute atomic E-state index is 0.0871. The highest BCUT2D eigenvalue weighted by molar-refractivity contribution is 7.17. The summed E-state index contributed by atoms with van der Waals surface area (Å²) in [6.45, 7) is 7.73. The van der Waals surface area contributed by atoms with Gasteiger partial charge < -0.3 is 15.1 Å². The number of nitrogens with one attached hydrogen (secondary N) is 2. The number of benzene rings is 1. The molecule has 29 heavy (non-hydrogen) atoms.